The van der Waals surface area contributed by atoms with Crippen molar-refractivity contribution in [3.05, 3.63) is 5.82 Å². The Morgan fingerprint density at radius 1 is 1.33 bits per heavy atom. The Morgan fingerprint density at radius 2 is 2.14 bits per heavy atom. The SMILES string of the molecule is CCC1CCCC(n2c(SCC(=O)O)nnc2C2CC2)C1. The van der Waals surface area contributed by atoms with Crippen molar-refractivity contribution in [1.29, 1.82) is 0 Å². The van der Waals surface area contributed by atoms with Crippen molar-refractivity contribution >= 4 is 17.7 Å². The molecule has 0 radical (unpaired) electrons. The van der Waals surface area contributed by atoms with Crippen LogP contribution < -0.4 is 0 Å². The van der Waals surface area contributed by atoms with Crippen molar-refractivity contribution in [3.63, 3.8) is 0 Å². The van der Waals surface area contributed by atoms with Gasteiger partial charge in [-0.25, -0.2) is 0 Å². The number of aliphatic carboxylic acids is 1. The van der Waals surface area contributed by atoms with Crippen molar-refractivity contribution in [1.82, 2.24) is 14.8 Å². The molecule has 2 aliphatic carbocycles. The smallest absolute Gasteiger partial charge is 0.313 e. The highest BCUT2D eigenvalue weighted by molar-refractivity contribution is 7.99. The number of thioether (sulfide) groups is 1. The van der Waals surface area contributed by atoms with Crippen LogP contribution in [0.15, 0.2) is 5.16 Å². The first-order chi connectivity index (χ1) is 10.2. The molecule has 1 heterocycles. The molecule has 1 N–H and O–H groups in total. The topological polar surface area (TPSA) is 68.0 Å². The van der Waals surface area contributed by atoms with Crippen LogP contribution >= 0.6 is 11.8 Å². The van der Waals surface area contributed by atoms with E-state index >= 15 is 0 Å². The van der Waals surface area contributed by atoms with Gasteiger partial charge >= 0.3 is 5.97 Å². The summed E-state index contributed by atoms with van der Waals surface area (Å²) in [6.07, 6.45) is 8.58. The summed E-state index contributed by atoms with van der Waals surface area (Å²) < 4.78 is 2.28. The molecule has 116 valence electrons. The zero-order valence-corrected chi connectivity index (χ0v) is 13.3. The molecule has 0 aliphatic heterocycles. The quantitative estimate of drug-likeness (QED) is 0.815. The van der Waals surface area contributed by atoms with Crippen LogP contribution in [0.1, 0.15) is 69.7 Å². The molecule has 2 saturated carbocycles. The number of hydrogen-bond acceptors (Lipinski definition) is 4. The Bertz CT molecular complexity index is 513. The zero-order chi connectivity index (χ0) is 14.8. The molecule has 3 rings (SSSR count). The normalized spacial score (nSPS) is 26.0. The van der Waals surface area contributed by atoms with E-state index in [1.54, 1.807) is 0 Å². The number of rotatable bonds is 6. The number of aromatic nitrogens is 3. The first kappa shape index (κ1) is 14.9. The average molecular weight is 309 g/mol. The minimum atomic E-state index is -0.794. The van der Waals surface area contributed by atoms with Crippen molar-refractivity contribution in [3.8, 4) is 0 Å². The van der Waals surface area contributed by atoms with Gasteiger partial charge < -0.3 is 9.67 Å². The van der Waals surface area contributed by atoms with Crippen molar-refractivity contribution in [2.45, 2.75) is 69.0 Å². The fourth-order valence-electron chi connectivity index (χ4n) is 3.34. The monoisotopic (exact) mass is 309 g/mol. The number of carboxylic acid groups (broad SMARTS) is 1. The maximum absolute atomic E-state index is 10.8. The predicted octanol–water partition coefficient (Wildman–Crippen LogP) is 3.47. The fraction of sp³-hybridized carbons (Fsp3) is 0.800. The van der Waals surface area contributed by atoms with Gasteiger partial charge in [0.25, 0.3) is 0 Å². The second-order valence-electron chi connectivity index (χ2n) is 6.26. The van der Waals surface area contributed by atoms with Crippen LogP contribution in [0, 0.1) is 5.92 Å². The molecule has 0 spiro atoms. The third kappa shape index (κ3) is 3.42. The van der Waals surface area contributed by atoms with Gasteiger partial charge in [-0.1, -0.05) is 37.9 Å². The van der Waals surface area contributed by atoms with Crippen LogP contribution in [0.4, 0.5) is 0 Å². The number of nitrogens with zero attached hydrogens (tertiary/aromatic N) is 3. The summed E-state index contributed by atoms with van der Waals surface area (Å²) in [4.78, 5) is 10.8. The minimum Gasteiger partial charge on any atom is -0.481 e. The molecule has 2 fully saturated rings. The van der Waals surface area contributed by atoms with E-state index in [-0.39, 0.29) is 5.75 Å². The van der Waals surface area contributed by atoms with Crippen LogP contribution in [0.3, 0.4) is 0 Å². The van der Waals surface area contributed by atoms with Gasteiger partial charge in [0.05, 0.1) is 5.75 Å². The highest BCUT2D eigenvalue weighted by Gasteiger charge is 2.34. The lowest BCUT2D eigenvalue weighted by molar-refractivity contribution is -0.133. The van der Waals surface area contributed by atoms with Gasteiger partial charge in [0.1, 0.15) is 5.82 Å². The van der Waals surface area contributed by atoms with Crippen LogP contribution in [0.25, 0.3) is 0 Å². The molecule has 0 amide bonds. The van der Waals surface area contributed by atoms with Gasteiger partial charge in [-0.05, 0) is 31.6 Å². The molecule has 0 saturated heterocycles. The summed E-state index contributed by atoms with van der Waals surface area (Å²) in [6, 6.07) is 0.464. The third-order valence-electron chi connectivity index (χ3n) is 4.66. The first-order valence-electron chi connectivity index (χ1n) is 7.98. The largest absolute Gasteiger partial charge is 0.481 e. The minimum absolute atomic E-state index is 0.0622. The lowest BCUT2D eigenvalue weighted by atomic mass is 9.84. The molecule has 5 nitrogen and oxygen atoms in total. The highest BCUT2D eigenvalue weighted by Crippen LogP contribution is 2.44. The zero-order valence-electron chi connectivity index (χ0n) is 12.5. The first-order valence-corrected chi connectivity index (χ1v) is 8.97. The van der Waals surface area contributed by atoms with Gasteiger partial charge in [0.15, 0.2) is 5.16 Å². The van der Waals surface area contributed by atoms with Gasteiger partial charge in [-0.3, -0.25) is 4.79 Å². The number of hydrogen-bond donors (Lipinski definition) is 1. The van der Waals surface area contributed by atoms with Crippen LogP contribution in [0.5, 0.6) is 0 Å². The Labute approximate surface area is 129 Å². The Kier molecular flexibility index (Phi) is 4.52. The molecule has 0 aromatic carbocycles. The second-order valence-corrected chi connectivity index (χ2v) is 7.20. The lowest BCUT2D eigenvalue weighted by Gasteiger charge is -2.30. The van der Waals surface area contributed by atoms with Gasteiger partial charge in [-0.2, -0.15) is 0 Å². The molecular weight excluding hydrogens is 286 g/mol. The predicted molar refractivity (Wildman–Crippen MR) is 81.6 cm³/mol. The van der Waals surface area contributed by atoms with E-state index in [1.807, 2.05) is 0 Å². The van der Waals surface area contributed by atoms with Gasteiger partial charge in [-0.15, -0.1) is 10.2 Å². The summed E-state index contributed by atoms with van der Waals surface area (Å²) in [5.41, 5.74) is 0. The number of carbonyl (C=O) groups is 1. The van der Waals surface area contributed by atoms with E-state index in [0.29, 0.717) is 12.0 Å². The molecule has 2 atom stereocenters. The van der Waals surface area contributed by atoms with Crippen molar-refractivity contribution in [2.75, 3.05) is 5.75 Å². The molecule has 1 aromatic heterocycles. The van der Waals surface area contributed by atoms with E-state index in [9.17, 15) is 4.79 Å². The van der Waals surface area contributed by atoms with Crippen molar-refractivity contribution in [2.24, 2.45) is 5.92 Å². The molecule has 2 aliphatic rings. The van der Waals surface area contributed by atoms with Crippen molar-refractivity contribution < 1.29 is 9.90 Å². The van der Waals surface area contributed by atoms with Crippen LogP contribution in [0.2, 0.25) is 0 Å². The highest BCUT2D eigenvalue weighted by atomic mass is 32.2. The standard InChI is InChI=1S/C15H23N3O2S/c1-2-10-4-3-5-12(8-10)18-14(11-6-7-11)16-17-15(18)21-9-13(19)20/h10-12H,2-9H2,1H3,(H,19,20). The molecule has 2 unspecified atom stereocenters. The van der Waals surface area contributed by atoms with E-state index in [1.165, 1.54) is 56.7 Å². The third-order valence-corrected chi connectivity index (χ3v) is 5.58. The maximum Gasteiger partial charge on any atom is 0.313 e. The van der Waals surface area contributed by atoms with Gasteiger partial charge in [0, 0.05) is 12.0 Å². The van der Waals surface area contributed by atoms with E-state index in [2.05, 4.69) is 21.7 Å². The molecule has 21 heavy (non-hydrogen) atoms. The summed E-state index contributed by atoms with van der Waals surface area (Å²) >= 11 is 1.31. The lowest BCUT2D eigenvalue weighted by Crippen LogP contribution is -2.21. The van der Waals surface area contributed by atoms with E-state index < -0.39 is 5.97 Å². The summed E-state index contributed by atoms with van der Waals surface area (Å²) in [7, 11) is 0. The summed E-state index contributed by atoms with van der Waals surface area (Å²) in [5.74, 6) is 1.71. The molecule has 6 heteroatoms. The van der Waals surface area contributed by atoms with Gasteiger partial charge in [0.2, 0.25) is 0 Å². The fourth-order valence-corrected chi connectivity index (χ4v) is 4.08. The van der Waals surface area contributed by atoms with E-state index in [0.717, 1.165) is 16.9 Å². The average Bonchev–Trinajstić information content (AvgIpc) is 3.25. The number of carboxylic acids is 1. The Morgan fingerprint density at radius 3 is 2.81 bits per heavy atom. The molecular formula is C15H23N3O2S. The van der Waals surface area contributed by atoms with E-state index in [4.69, 9.17) is 5.11 Å². The van der Waals surface area contributed by atoms with Crippen LogP contribution in [-0.4, -0.2) is 31.6 Å². The Balaban J connectivity index is 1.83. The molecule has 0 bridgehead atoms. The second kappa shape index (κ2) is 6.38. The molecule has 1 aromatic rings. The summed E-state index contributed by atoms with van der Waals surface area (Å²) in [6.45, 7) is 2.26. The summed E-state index contributed by atoms with van der Waals surface area (Å²) in [5, 5.41) is 18.4. The van der Waals surface area contributed by atoms with Crippen LogP contribution in [-0.2, 0) is 4.79 Å². The maximum atomic E-state index is 10.8. The Hall–Kier alpha value is -1.04.